The molecule has 1 aromatic rings. The Morgan fingerprint density at radius 1 is 1.25 bits per heavy atom. The molecule has 1 amide bonds. The predicted molar refractivity (Wildman–Crippen MR) is 84.6 cm³/mol. The molecule has 0 saturated carbocycles. The molecule has 0 fully saturated rings. The van der Waals surface area contributed by atoms with Gasteiger partial charge in [-0.3, -0.25) is 4.79 Å². The van der Waals surface area contributed by atoms with Gasteiger partial charge in [-0.1, -0.05) is 50.6 Å². The van der Waals surface area contributed by atoms with Crippen molar-refractivity contribution in [3.05, 3.63) is 35.4 Å². The van der Waals surface area contributed by atoms with E-state index in [0.29, 0.717) is 6.54 Å². The summed E-state index contributed by atoms with van der Waals surface area (Å²) in [7, 11) is 0. The third kappa shape index (κ3) is 5.33. The predicted octanol–water partition coefficient (Wildman–Crippen LogP) is 2.98. The van der Waals surface area contributed by atoms with Crippen LogP contribution >= 0.6 is 0 Å². The molecule has 0 aromatic heterocycles. The highest BCUT2D eigenvalue weighted by atomic mass is 16.2. The normalized spacial score (nSPS) is 12.2. The zero-order valence-electron chi connectivity index (χ0n) is 13.3. The van der Waals surface area contributed by atoms with Crippen molar-refractivity contribution in [3.8, 4) is 0 Å². The van der Waals surface area contributed by atoms with Gasteiger partial charge in [0.15, 0.2) is 0 Å². The smallest absolute Gasteiger partial charge is 0.226 e. The van der Waals surface area contributed by atoms with Crippen molar-refractivity contribution < 1.29 is 4.79 Å². The molecule has 1 atom stereocenters. The average Bonchev–Trinajstić information content (AvgIpc) is 2.45. The van der Waals surface area contributed by atoms with Gasteiger partial charge in [0.05, 0.1) is 0 Å². The molecular formula is C17H28N2O. The molecule has 20 heavy (non-hydrogen) atoms. The molecular weight excluding hydrogens is 248 g/mol. The van der Waals surface area contributed by atoms with Crippen molar-refractivity contribution in [2.45, 2.75) is 40.7 Å². The molecule has 0 radical (unpaired) electrons. The van der Waals surface area contributed by atoms with E-state index < -0.39 is 0 Å². The molecule has 0 aliphatic carbocycles. The fourth-order valence-electron chi connectivity index (χ4n) is 2.21. The molecule has 1 unspecified atom stereocenters. The second-order valence-corrected chi connectivity index (χ2v) is 5.45. The minimum absolute atomic E-state index is 0.0342. The quantitative estimate of drug-likeness (QED) is 0.791. The monoisotopic (exact) mass is 276 g/mol. The maximum atomic E-state index is 12.5. The van der Waals surface area contributed by atoms with E-state index in [2.05, 4.69) is 50.4 Å². The number of amides is 1. The van der Waals surface area contributed by atoms with Gasteiger partial charge in [-0.05, 0) is 25.5 Å². The Labute approximate surface area is 123 Å². The van der Waals surface area contributed by atoms with Crippen LogP contribution in [0.15, 0.2) is 24.3 Å². The molecule has 0 bridgehead atoms. The van der Waals surface area contributed by atoms with Crippen LogP contribution in [0.3, 0.4) is 0 Å². The number of rotatable bonds is 8. The summed E-state index contributed by atoms with van der Waals surface area (Å²) in [6, 6.07) is 8.43. The highest BCUT2D eigenvalue weighted by Gasteiger charge is 2.19. The molecule has 0 aliphatic rings. The Kier molecular flexibility index (Phi) is 7.31. The SMILES string of the molecule is CCCN(Cc1ccc(C)cc1)C(=O)C(C)CNCC. The maximum absolute atomic E-state index is 12.5. The summed E-state index contributed by atoms with van der Waals surface area (Å²) in [5, 5.41) is 3.25. The van der Waals surface area contributed by atoms with Crippen molar-refractivity contribution in [1.82, 2.24) is 10.2 Å². The van der Waals surface area contributed by atoms with E-state index in [-0.39, 0.29) is 11.8 Å². The minimum Gasteiger partial charge on any atom is -0.338 e. The second-order valence-electron chi connectivity index (χ2n) is 5.45. The van der Waals surface area contributed by atoms with Gasteiger partial charge >= 0.3 is 0 Å². The average molecular weight is 276 g/mol. The topological polar surface area (TPSA) is 32.3 Å². The van der Waals surface area contributed by atoms with Crippen LogP contribution in [-0.2, 0) is 11.3 Å². The molecule has 0 spiro atoms. The number of nitrogens with one attached hydrogen (secondary N) is 1. The molecule has 3 nitrogen and oxygen atoms in total. The minimum atomic E-state index is 0.0342. The van der Waals surface area contributed by atoms with E-state index in [9.17, 15) is 4.79 Å². The Hall–Kier alpha value is -1.35. The summed E-state index contributed by atoms with van der Waals surface area (Å²) in [5.74, 6) is 0.278. The second kappa shape index (κ2) is 8.75. The zero-order valence-corrected chi connectivity index (χ0v) is 13.3. The van der Waals surface area contributed by atoms with Gasteiger partial charge in [0, 0.05) is 25.6 Å². The molecule has 1 N–H and O–H groups in total. The first-order chi connectivity index (χ1) is 9.58. The number of hydrogen-bond donors (Lipinski definition) is 1. The number of nitrogens with zero attached hydrogens (tertiary/aromatic N) is 1. The third-order valence-electron chi connectivity index (χ3n) is 3.42. The van der Waals surface area contributed by atoms with Gasteiger partial charge in [-0.2, -0.15) is 0 Å². The molecule has 3 heteroatoms. The van der Waals surface area contributed by atoms with Crippen LogP contribution in [0, 0.1) is 12.8 Å². The molecule has 112 valence electrons. The number of carbonyl (C=O) groups excluding carboxylic acids is 1. The number of aryl methyl sites for hydroxylation is 1. The summed E-state index contributed by atoms with van der Waals surface area (Å²) < 4.78 is 0. The highest BCUT2D eigenvalue weighted by molar-refractivity contribution is 5.78. The lowest BCUT2D eigenvalue weighted by atomic mass is 10.1. The highest BCUT2D eigenvalue weighted by Crippen LogP contribution is 2.11. The molecule has 1 aromatic carbocycles. The largest absolute Gasteiger partial charge is 0.338 e. The van der Waals surface area contributed by atoms with E-state index in [1.54, 1.807) is 0 Å². The van der Waals surface area contributed by atoms with E-state index in [1.807, 2.05) is 11.8 Å². The first kappa shape index (κ1) is 16.7. The third-order valence-corrected chi connectivity index (χ3v) is 3.42. The fourth-order valence-corrected chi connectivity index (χ4v) is 2.21. The van der Waals surface area contributed by atoms with Crippen LogP contribution in [-0.4, -0.2) is 30.4 Å². The first-order valence-corrected chi connectivity index (χ1v) is 7.63. The van der Waals surface area contributed by atoms with Crippen LogP contribution in [0.5, 0.6) is 0 Å². The van der Waals surface area contributed by atoms with Crippen LogP contribution in [0.1, 0.15) is 38.3 Å². The lowest BCUT2D eigenvalue weighted by molar-refractivity contribution is -0.135. The van der Waals surface area contributed by atoms with E-state index in [1.165, 1.54) is 11.1 Å². The van der Waals surface area contributed by atoms with Crippen molar-refractivity contribution in [2.24, 2.45) is 5.92 Å². The lowest BCUT2D eigenvalue weighted by Crippen LogP contribution is -2.39. The Morgan fingerprint density at radius 2 is 1.90 bits per heavy atom. The lowest BCUT2D eigenvalue weighted by Gasteiger charge is -2.26. The van der Waals surface area contributed by atoms with Crippen LogP contribution in [0.25, 0.3) is 0 Å². The Balaban J connectivity index is 2.67. The van der Waals surface area contributed by atoms with Gasteiger partial charge in [0.1, 0.15) is 0 Å². The number of benzene rings is 1. The van der Waals surface area contributed by atoms with E-state index >= 15 is 0 Å². The number of hydrogen-bond acceptors (Lipinski definition) is 2. The van der Waals surface area contributed by atoms with Crippen LogP contribution < -0.4 is 5.32 Å². The van der Waals surface area contributed by atoms with E-state index in [0.717, 1.165) is 26.1 Å². The van der Waals surface area contributed by atoms with Crippen LogP contribution in [0.4, 0.5) is 0 Å². The summed E-state index contributed by atoms with van der Waals surface area (Å²) >= 11 is 0. The van der Waals surface area contributed by atoms with Crippen LogP contribution in [0.2, 0.25) is 0 Å². The van der Waals surface area contributed by atoms with Gasteiger partial charge in [-0.25, -0.2) is 0 Å². The first-order valence-electron chi connectivity index (χ1n) is 7.63. The van der Waals surface area contributed by atoms with Gasteiger partial charge in [0.25, 0.3) is 0 Å². The molecule has 0 aliphatic heterocycles. The Morgan fingerprint density at radius 3 is 2.45 bits per heavy atom. The van der Waals surface area contributed by atoms with Gasteiger partial charge < -0.3 is 10.2 Å². The van der Waals surface area contributed by atoms with Gasteiger partial charge in [-0.15, -0.1) is 0 Å². The fraction of sp³-hybridized carbons (Fsp3) is 0.588. The molecule has 1 rings (SSSR count). The van der Waals surface area contributed by atoms with Crippen molar-refractivity contribution in [2.75, 3.05) is 19.6 Å². The van der Waals surface area contributed by atoms with Crippen molar-refractivity contribution in [1.29, 1.82) is 0 Å². The van der Waals surface area contributed by atoms with E-state index in [4.69, 9.17) is 0 Å². The Bertz CT molecular complexity index is 400. The van der Waals surface area contributed by atoms with Gasteiger partial charge in [0.2, 0.25) is 5.91 Å². The standard InChI is InChI=1S/C17H28N2O/c1-5-11-19(17(20)15(4)12-18-6-2)13-16-9-7-14(3)8-10-16/h7-10,15,18H,5-6,11-13H2,1-4H3. The molecule has 0 heterocycles. The summed E-state index contributed by atoms with van der Waals surface area (Å²) in [6.07, 6.45) is 0.992. The van der Waals surface area contributed by atoms with Crippen molar-refractivity contribution in [3.63, 3.8) is 0 Å². The molecule has 0 saturated heterocycles. The number of carbonyl (C=O) groups is 1. The summed E-state index contributed by atoms with van der Waals surface area (Å²) in [6.45, 7) is 11.5. The summed E-state index contributed by atoms with van der Waals surface area (Å²) in [4.78, 5) is 14.5. The maximum Gasteiger partial charge on any atom is 0.226 e. The van der Waals surface area contributed by atoms with Crippen molar-refractivity contribution >= 4 is 5.91 Å². The summed E-state index contributed by atoms with van der Waals surface area (Å²) in [5.41, 5.74) is 2.45. The zero-order chi connectivity index (χ0) is 15.0.